The molecule has 0 spiro atoms. The maximum atomic E-state index is 5.74. The lowest BCUT2D eigenvalue weighted by Crippen LogP contribution is -2.15. The van der Waals surface area contributed by atoms with Crippen LogP contribution in [0.15, 0.2) is 4.42 Å². The first-order valence-corrected chi connectivity index (χ1v) is 6.47. The molecular formula is C12H17N3O. The van der Waals surface area contributed by atoms with Gasteiger partial charge in [-0.25, -0.2) is 0 Å². The molecule has 3 aliphatic carbocycles. The highest BCUT2D eigenvalue weighted by molar-refractivity contribution is 5.15. The molecule has 4 rings (SSSR count). The van der Waals surface area contributed by atoms with Crippen LogP contribution in [0.1, 0.15) is 49.8 Å². The fourth-order valence-electron chi connectivity index (χ4n) is 3.18. The molecule has 2 unspecified atom stereocenters. The maximum absolute atomic E-state index is 5.74. The molecule has 4 heteroatoms. The van der Waals surface area contributed by atoms with Gasteiger partial charge in [0.25, 0.3) is 0 Å². The summed E-state index contributed by atoms with van der Waals surface area (Å²) in [7, 11) is 0. The van der Waals surface area contributed by atoms with Gasteiger partial charge in [0.1, 0.15) is 0 Å². The monoisotopic (exact) mass is 219 g/mol. The third kappa shape index (κ3) is 1.47. The summed E-state index contributed by atoms with van der Waals surface area (Å²) in [4.78, 5) is 0. The molecule has 0 amide bonds. The van der Waals surface area contributed by atoms with Crippen LogP contribution in [0.5, 0.6) is 0 Å². The summed E-state index contributed by atoms with van der Waals surface area (Å²) in [5.41, 5.74) is 0. The molecule has 0 aliphatic heterocycles. The largest absolute Gasteiger partial charge is 0.424 e. The minimum Gasteiger partial charge on any atom is -0.424 e. The molecule has 1 aromatic heterocycles. The average Bonchev–Trinajstić information content (AvgIpc) is 3.15. The van der Waals surface area contributed by atoms with E-state index in [1.807, 2.05) is 0 Å². The number of fused-ring (bicyclic) bond motifs is 1. The van der Waals surface area contributed by atoms with E-state index in [0.717, 1.165) is 30.2 Å². The number of nitrogens with one attached hydrogen (secondary N) is 1. The third-order valence-corrected chi connectivity index (χ3v) is 4.29. The Morgan fingerprint density at radius 2 is 1.94 bits per heavy atom. The Balaban J connectivity index is 1.41. The predicted octanol–water partition coefficient (Wildman–Crippen LogP) is 1.84. The Hall–Kier alpha value is -0.900. The van der Waals surface area contributed by atoms with E-state index >= 15 is 0 Å². The van der Waals surface area contributed by atoms with Crippen molar-refractivity contribution in [3.05, 3.63) is 11.8 Å². The number of hydrogen-bond donors (Lipinski definition) is 1. The molecule has 16 heavy (non-hydrogen) atoms. The number of hydrogen-bond acceptors (Lipinski definition) is 4. The third-order valence-electron chi connectivity index (χ3n) is 4.29. The highest BCUT2D eigenvalue weighted by Crippen LogP contribution is 2.62. The number of aromatic nitrogens is 2. The Morgan fingerprint density at radius 1 is 1.12 bits per heavy atom. The zero-order chi connectivity index (χ0) is 10.5. The van der Waals surface area contributed by atoms with Crippen LogP contribution in [0.4, 0.5) is 0 Å². The SMILES string of the molecule is C1CC2C(C1)C2c1nnc(CNC2CC2)o1. The van der Waals surface area contributed by atoms with E-state index in [2.05, 4.69) is 15.5 Å². The summed E-state index contributed by atoms with van der Waals surface area (Å²) >= 11 is 0. The van der Waals surface area contributed by atoms with Gasteiger partial charge in [-0.3, -0.25) is 0 Å². The van der Waals surface area contributed by atoms with Crippen LogP contribution in [0, 0.1) is 11.8 Å². The molecule has 1 N–H and O–H groups in total. The van der Waals surface area contributed by atoms with E-state index < -0.39 is 0 Å². The van der Waals surface area contributed by atoms with Crippen molar-refractivity contribution in [1.82, 2.24) is 15.5 Å². The second-order valence-electron chi connectivity index (χ2n) is 5.47. The molecule has 1 aromatic rings. The lowest BCUT2D eigenvalue weighted by atomic mass is 10.1. The van der Waals surface area contributed by atoms with Crippen LogP contribution in [0.2, 0.25) is 0 Å². The molecule has 4 nitrogen and oxygen atoms in total. The van der Waals surface area contributed by atoms with Crippen LogP contribution < -0.4 is 5.32 Å². The van der Waals surface area contributed by atoms with Crippen LogP contribution in [-0.4, -0.2) is 16.2 Å². The topological polar surface area (TPSA) is 51.0 Å². The first-order valence-electron chi connectivity index (χ1n) is 6.47. The van der Waals surface area contributed by atoms with Gasteiger partial charge in [-0.2, -0.15) is 0 Å². The van der Waals surface area contributed by atoms with Gasteiger partial charge >= 0.3 is 0 Å². The minimum atomic E-state index is 0.607. The number of rotatable bonds is 4. The van der Waals surface area contributed by atoms with Crippen LogP contribution in [0.3, 0.4) is 0 Å². The van der Waals surface area contributed by atoms with Gasteiger partial charge in [0.2, 0.25) is 11.8 Å². The Kier molecular flexibility index (Phi) is 1.89. The molecule has 0 radical (unpaired) electrons. The van der Waals surface area contributed by atoms with Crippen molar-refractivity contribution >= 4 is 0 Å². The second-order valence-corrected chi connectivity index (χ2v) is 5.47. The maximum Gasteiger partial charge on any atom is 0.230 e. The Labute approximate surface area is 94.8 Å². The van der Waals surface area contributed by atoms with Crippen molar-refractivity contribution < 1.29 is 4.42 Å². The summed E-state index contributed by atoms with van der Waals surface area (Å²) < 4.78 is 5.74. The van der Waals surface area contributed by atoms with E-state index in [9.17, 15) is 0 Å². The van der Waals surface area contributed by atoms with Crippen molar-refractivity contribution in [2.45, 2.75) is 50.6 Å². The lowest BCUT2D eigenvalue weighted by molar-refractivity contribution is 0.418. The molecule has 3 fully saturated rings. The van der Waals surface area contributed by atoms with Gasteiger partial charge in [-0.05, 0) is 37.5 Å². The zero-order valence-corrected chi connectivity index (χ0v) is 9.35. The molecule has 1 heterocycles. The second kappa shape index (κ2) is 3.29. The highest BCUT2D eigenvalue weighted by atomic mass is 16.4. The summed E-state index contributed by atoms with van der Waals surface area (Å²) in [6.07, 6.45) is 6.73. The fraction of sp³-hybridized carbons (Fsp3) is 0.833. The summed E-state index contributed by atoms with van der Waals surface area (Å²) in [6.45, 7) is 0.750. The van der Waals surface area contributed by atoms with Gasteiger partial charge in [0.05, 0.1) is 6.54 Å². The van der Waals surface area contributed by atoms with E-state index in [-0.39, 0.29) is 0 Å². The van der Waals surface area contributed by atoms with Gasteiger partial charge in [-0.1, -0.05) is 6.42 Å². The molecule has 3 saturated carbocycles. The summed E-state index contributed by atoms with van der Waals surface area (Å²) in [5, 5.41) is 11.7. The van der Waals surface area contributed by atoms with E-state index in [0.29, 0.717) is 12.0 Å². The van der Waals surface area contributed by atoms with E-state index in [1.54, 1.807) is 0 Å². The standard InChI is InChI=1S/C12H17N3O/c1-2-8-9(3-1)11(8)12-15-14-10(16-12)6-13-7-4-5-7/h7-9,11,13H,1-6H2. The quantitative estimate of drug-likeness (QED) is 0.839. The molecule has 0 saturated heterocycles. The van der Waals surface area contributed by atoms with Crippen LogP contribution >= 0.6 is 0 Å². The minimum absolute atomic E-state index is 0.607. The first kappa shape index (κ1) is 9.16. The van der Waals surface area contributed by atoms with Gasteiger partial charge < -0.3 is 9.73 Å². The fourth-order valence-corrected chi connectivity index (χ4v) is 3.18. The van der Waals surface area contributed by atoms with E-state index in [1.165, 1.54) is 32.1 Å². The van der Waals surface area contributed by atoms with Crippen LogP contribution in [-0.2, 0) is 6.54 Å². The average molecular weight is 219 g/mol. The van der Waals surface area contributed by atoms with Gasteiger partial charge in [-0.15, -0.1) is 10.2 Å². The highest BCUT2D eigenvalue weighted by Gasteiger charge is 2.56. The molecule has 3 aliphatic rings. The lowest BCUT2D eigenvalue weighted by Gasteiger charge is -1.97. The molecule has 2 atom stereocenters. The summed E-state index contributed by atoms with van der Waals surface area (Å²) in [5.74, 6) is 4.01. The number of nitrogens with zero attached hydrogens (tertiary/aromatic N) is 2. The molecular weight excluding hydrogens is 202 g/mol. The summed E-state index contributed by atoms with van der Waals surface area (Å²) in [6, 6.07) is 0.704. The van der Waals surface area contributed by atoms with Crippen molar-refractivity contribution in [1.29, 1.82) is 0 Å². The smallest absolute Gasteiger partial charge is 0.230 e. The van der Waals surface area contributed by atoms with Crippen molar-refractivity contribution in [2.75, 3.05) is 0 Å². The molecule has 0 aromatic carbocycles. The van der Waals surface area contributed by atoms with Gasteiger partial charge in [0, 0.05) is 12.0 Å². The van der Waals surface area contributed by atoms with Crippen molar-refractivity contribution in [2.24, 2.45) is 11.8 Å². The van der Waals surface area contributed by atoms with Crippen molar-refractivity contribution in [3.8, 4) is 0 Å². The van der Waals surface area contributed by atoms with E-state index in [4.69, 9.17) is 4.42 Å². The van der Waals surface area contributed by atoms with Gasteiger partial charge in [0.15, 0.2) is 0 Å². The Morgan fingerprint density at radius 3 is 2.69 bits per heavy atom. The van der Waals surface area contributed by atoms with Crippen molar-refractivity contribution in [3.63, 3.8) is 0 Å². The Bertz CT molecular complexity index is 389. The molecule has 0 bridgehead atoms. The zero-order valence-electron chi connectivity index (χ0n) is 9.35. The first-order chi connectivity index (χ1) is 7.92. The predicted molar refractivity (Wildman–Crippen MR) is 57.7 cm³/mol. The van der Waals surface area contributed by atoms with Crippen LogP contribution in [0.25, 0.3) is 0 Å². The molecule has 86 valence electrons. The normalized spacial score (nSPS) is 36.4.